The lowest BCUT2D eigenvalue weighted by atomic mass is 10.1. The number of para-hydroxylation sites is 1. The second-order valence-electron chi connectivity index (χ2n) is 9.02. The second-order valence-corrected chi connectivity index (χ2v) is 11.0. The predicted octanol–water partition coefficient (Wildman–Crippen LogP) is 1.88. The normalized spacial score (nSPS) is 15.8. The SMILES string of the molecule is Cc1cc(COc2ccc(C(=O)NC[C@H](C(=O)O)N3CCN(S(C)(=O)=O)CC3)cc2)c2ccccc2n1. The number of fused-ring (bicyclic) bond motifs is 1. The van der Waals surface area contributed by atoms with Gasteiger partial charge in [-0.25, -0.2) is 8.42 Å². The van der Waals surface area contributed by atoms with E-state index in [-0.39, 0.29) is 32.7 Å². The molecule has 1 amide bonds. The number of hydrogen-bond acceptors (Lipinski definition) is 7. The van der Waals surface area contributed by atoms with Crippen LogP contribution in [-0.2, 0) is 21.4 Å². The van der Waals surface area contributed by atoms with E-state index in [2.05, 4.69) is 10.3 Å². The van der Waals surface area contributed by atoms with Gasteiger partial charge < -0.3 is 15.2 Å². The topological polar surface area (TPSA) is 129 Å². The molecule has 0 bridgehead atoms. The monoisotopic (exact) mass is 526 g/mol. The molecule has 4 rings (SSSR count). The van der Waals surface area contributed by atoms with Gasteiger partial charge in [-0.15, -0.1) is 0 Å². The molecule has 0 unspecified atom stereocenters. The summed E-state index contributed by atoms with van der Waals surface area (Å²) in [4.78, 5) is 30.7. The molecule has 0 spiro atoms. The van der Waals surface area contributed by atoms with Gasteiger partial charge in [0.05, 0.1) is 11.8 Å². The van der Waals surface area contributed by atoms with Crippen LogP contribution in [0.4, 0.5) is 0 Å². The maximum Gasteiger partial charge on any atom is 0.322 e. The summed E-state index contributed by atoms with van der Waals surface area (Å²) in [5.41, 5.74) is 3.21. The average Bonchev–Trinajstić information content (AvgIpc) is 2.87. The first-order chi connectivity index (χ1) is 17.6. The van der Waals surface area contributed by atoms with Gasteiger partial charge in [0.25, 0.3) is 5.91 Å². The van der Waals surface area contributed by atoms with Gasteiger partial charge in [0, 0.05) is 54.9 Å². The summed E-state index contributed by atoms with van der Waals surface area (Å²) in [5, 5.41) is 13.4. The van der Waals surface area contributed by atoms with Gasteiger partial charge in [-0.2, -0.15) is 4.31 Å². The Morgan fingerprint density at radius 2 is 1.76 bits per heavy atom. The van der Waals surface area contributed by atoms with Crippen LogP contribution in [0.3, 0.4) is 0 Å². The summed E-state index contributed by atoms with van der Waals surface area (Å²) >= 11 is 0. The number of benzene rings is 2. The van der Waals surface area contributed by atoms with Crippen LogP contribution < -0.4 is 10.1 Å². The van der Waals surface area contributed by atoms with Crippen molar-refractivity contribution in [1.82, 2.24) is 19.5 Å². The van der Waals surface area contributed by atoms with Gasteiger partial charge >= 0.3 is 5.97 Å². The lowest BCUT2D eigenvalue weighted by Crippen LogP contribution is -2.56. The van der Waals surface area contributed by atoms with E-state index < -0.39 is 27.9 Å². The number of aryl methyl sites for hydroxylation is 1. The molecular formula is C26H30N4O6S. The number of carboxylic acid groups (broad SMARTS) is 1. The third-order valence-electron chi connectivity index (χ3n) is 6.36. The first kappa shape index (κ1) is 26.5. The summed E-state index contributed by atoms with van der Waals surface area (Å²) in [5.74, 6) is -0.874. The predicted molar refractivity (Wildman–Crippen MR) is 139 cm³/mol. The van der Waals surface area contributed by atoms with Gasteiger partial charge in [0.1, 0.15) is 18.4 Å². The molecule has 1 aromatic heterocycles. The zero-order chi connectivity index (χ0) is 26.6. The van der Waals surface area contributed by atoms with Crippen LogP contribution in [0.2, 0.25) is 0 Å². The molecule has 2 heterocycles. The van der Waals surface area contributed by atoms with Gasteiger partial charge in [-0.1, -0.05) is 18.2 Å². The third-order valence-corrected chi connectivity index (χ3v) is 7.67. The fraction of sp³-hybridized carbons (Fsp3) is 0.346. The minimum Gasteiger partial charge on any atom is -0.489 e. The number of amides is 1. The summed E-state index contributed by atoms with van der Waals surface area (Å²) in [6.07, 6.45) is 1.13. The van der Waals surface area contributed by atoms with E-state index in [1.165, 1.54) is 4.31 Å². The van der Waals surface area contributed by atoms with Crippen molar-refractivity contribution in [2.24, 2.45) is 0 Å². The van der Waals surface area contributed by atoms with Crippen molar-refractivity contribution in [1.29, 1.82) is 0 Å². The molecule has 0 aliphatic carbocycles. The number of nitrogens with one attached hydrogen (secondary N) is 1. The molecule has 10 nitrogen and oxygen atoms in total. The fourth-order valence-corrected chi connectivity index (χ4v) is 5.22. The van der Waals surface area contributed by atoms with Crippen molar-refractivity contribution in [2.75, 3.05) is 39.0 Å². The molecule has 1 saturated heterocycles. The number of carboxylic acids is 1. The number of sulfonamides is 1. The van der Waals surface area contributed by atoms with E-state index in [0.29, 0.717) is 17.9 Å². The smallest absolute Gasteiger partial charge is 0.322 e. The number of carbonyl (C=O) groups excluding carboxylic acids is 1. The Morgan fingerprint density at radius 3 is 2.41 bits per heavy atom. The highest BCUT2D eigenvalue weighted by Gasteiger charge is 2.31. The number of nitrogens with zero attached hydrogens (tertiary/aromatic N) is 3. The number of rotatable bonds is 9. The summed E-state index contributed by atoms with van der Waals surface area (Å²) < 4.78 is 30.7. The largest absolute Gasteiger partial charge is 0.489 e. The molecule has 3 aromatic rings. The Balaban J connectivity index is 1.33. The van der Waals surface area contributed by atoms with Gasteiger partial charge in [0.2, 0.25) is 10.0 Å². The molecule has 1 atom stereocenters. The highest BCUT2D eigenvalue weighted by Crippen LogP contribution is 2.21. The van der Waals surface area contributed by atoms with E-state index in [1.807, 2.05) is 37.3 Å². The molecule has 1 aliphatic rings. The lowest BCUT2D eigenvalue weighted by molar-refractivity contribution is -0.143. The van der Waals surface area contributed by atoms with Crippen LogP contribution >= 0.6 is 0 Å². The van der Waals surface area contributed by atoms with Crippen LogP contribution in [0.15, 0.2) is 54.6 Å². The zero-order valence-electron chi connectivity index (χ0n) is 20.8. The van der Waals surface area contributed by atoms with Crippen LogP contribution in [0.25, 0.3) is 10.9 Å². The summed E-state index contributed by atoms with van der Waals surface area (Å²) in [7, 11) is -3.32. The highest BCUT2D eigenvalue weighted by atomic mass is 32.2. The number of carbonyl (C=O) groups is 2. The van der Waals surface area contributed by atoms with Crippen molar-refractivity contribution in [3.8, 4) is 5.75 Å². The average molecular weight is 527 g/mol. The third kappa shape index (κ3) is 6.62. The maximum absolute atomic E-state index is 12.7. The van der Waals surface area contributed by atoms with E-state index >= 15 is 0 Å². The number of pyridine rings is 1. The number of aliphatic carboxylic acids is 1. The number of aromatic nitrogens is 1. The Labute approximate surface area is 215 Å². The second kappa shape index (κ2) is 11.2. The Kier molecular flexibility index (Phi) is 8.06. The van der Waals surface area contributed by atoms with Crippen molar-refractivity contribution < 1.29 is 27.9 Å². The number of ether oxygens (including phenoxy) is 1. The van der Waals surface area contributed by atoms with Crippen LogP contribution in [0.1, 0.15) is 21.6 Å². The van der Waals surface area contributed by atoms with Gasteiger partial charge in [0.15, 0.2) is 0 Å². The first-order valence-electron chi connectivity index (χ1n) is 11.9. The minimum absolute atomic E-state index is 0.0975. The van der Waals surface area contributed by atoms with E-state index in [1.54, 1.807) is 29.2 Å². The Bertz CT molecular complexity index is 1390. The molecule has 1 aliphatic heterocycles. The fourth-order valence-electron chi connectivity index (χ4n) is 4.39. The molecule has 1 fully saturated rings. The van der Waals surface area contributed by atoms with E-state index in [4.69, 9.17) is 4.74 Å². The highest BCUT2D eigenvalue weighted by molar-refractivity contribution is 7.88. The van der Waals surface area contributed by atoms with E-state index in [9.17, 15) is 23.1 Å². The standard InChI is InChI=1S/C26H30N4O6S/c1-18-15-20(22-5-3-4-6-23(22)28-18)17-36-21-9-7-19(8-10-21)25(31)27-16-24(26(32)33)29-11-13-30(14-12-29)37(2,34)35/h3-10,15,24H,11-14,16-17H2,1-2H3,(H,27,31)(H,32,33)/t24-/m1/s1. The molecular weight excluding hydrogens is 496 g/mol. The Hall–Kier alpha value is -3.54. The maximum atomic E-state index is 12.7. The zero-order valence-corrected chi connectivity index (χ0v) is 21.6. The number of hydrogen-bond donors (Lipinski definition) is 2. The van der Waals surface area contributed by atoms with Crippen molar-refractivity contribution in [3.05, 3.63) is 71.4 Å². The molecule has 2 N–H and O–H groups in total. The minimum atomic E-state index is -3.32. The van der Waals surface area contributed by atoms with Crippen molar-refractivity contribution in [2.45, 2.75) is 19.6 Å². The molecule has 2 aromatic carbocycles. The van der Waals surface area contributed by atoms with Crippen LogP contribution in [-0.4, -0.2) is 84.6 Å². The van der Waals surface area contributed by atoms with Crippen LogP contribution in [0.5, 0.6) is 5.75 Å². The molecule has 37 heavy (non-hydrogen) atoms. The van der Waals surface area contributed by atoms with Gasteiger partial charge in [-0.05, 0) is 43.3 Å². The van der Waals surface area contributed by atoms with Crippen molar-refractivity contribution in [3.63, 3.8) is 0 Å². The van der Waals surface area contributed by atoms with Crippen LogP contribution in [0, 0.1) is 6.92 Å². The lowest BCUT2D eigenvalue weighted by Gasteiger charge is -2.36. The first-order valence-corrected chi connectivity index (χ1v) is 13.7. The molecule has 196 valence electrons. The van der Waals surface area contributed by atoms with Gasteiger partial charge in [-0.3, -0.25) is 19.5 Å². The molecule has 0 saturated carbocycles. The Morgan fingerprint density at radius 1 is 1.08 bits per heavy atom. The van der Waals surface area contributed by atoms with E-state index in [0.717, 1.165) is 28.4 Å². The summed E-state index contributed by atoms with van der Waals surface area (Å²) in [6, 6.07) is 15.6. The summed E-state index contributed by atoms with van der Waals surface area (Å²) in [6.45, 7) is 3.17. The molecule has 0 radical (unpaired) electrons. The molecule has 11 heteroatoms. The number of piperazine rings is 1. The quantitative estimate of drug-likeness (QED) is 0.433. The van der Waals surface area contributed by atoms with Crippen molar-refractivity contribution >= 4 is 32.8 Å².